The van der Waals surface area contributed by atoms with Crippen molar-refractivity contribution in [2.75, 3.05) is 0 Å². The molecule has 30 heavy (non-hydrogen) atoms. The lowest BCUT2D eigenvalue weighted by Crippen LogP contribution is -2.12. The zero-order valence-electron chi connectivity index (χ0n) is 17.3. The molecule has 0 aliphatic heterocycles. The van der Waals surface area contributed by atoms with Gasteiger partial charge in [-0.05, 0) is 44.3 Å². The molecule has 6 rings (SSSR count). The summed E-state index contributed by atoms with van der Waals surface area (Å²) in [5, 5.41) is 5.17. The van der Waals surface area contributed by atoms with Gasteiger partial charge in [-0.25, -0.2) is 0 Å². The van der Waals surface area contributed by atoms with Crippen molar-refractivity contribution in [3.63, 3.8) is 0 Å². The molecule has 1 aliphatic carbocycles. The van der Waals surface area contributed by atoms with Crippen LogP contribution in [-0.4, -0.2) is 4.98 Å². The van der Waals surface area contributed by atoms with Crippen LogP contribution in [0.15, 0.2) is 91.1 Å². The molecular weight excluding hydrogens is 362 g/mol. The van der Waals surface area contributed by atoms with Gasteiger partial charge >= 0.3 is 0 Å². The van der Waals surface area contributed by atoms with Crippen LogP contribution >= 0.6 is 0 Å². The molecule has 0 fully saturated rings. The van der Waals surface area contributed by atoms with Crippen LogP contribution in [0.4, 0.5) is 0 Å². The van der Waals surface area contributed by atoms with Gasteiger partial charge in [0, 0.05) is 23.1 Å². The highest BCUT2D eigenvalue weighted by atomic mass is 14.7. The number of aromatic nitrogens is 1. The van der Waals surface area contributed by atoms with E-state index in [9.17, 15) is 0 Å². The Kier molecular flexibility index (Phi) is 3.79. The van der Waals surface area contributed by atoms with E-state index in [1.54, 1.807) is 0 Å². The average molecular weight is 386 g/mol. The van der Waals surface area contributed by atoms with Gasteiger partial charge in [0.25, 0.3) is 0 Å². The Morgan fingerprint density at radius 1 is 0.767 bits per heavy atom. The second-order valence-corrected chi connectivity index (χ2v) is 8.62. The van der Waals surface area contributed by atoms with Crippen LogP contribution < -0.4 is 0 Å². The molecule has 0 amide bonds. The summed E-state index contributed by atoms with van der Waals surface area (Å²) >= 11 is 0. The molecule has 5 aromatic rings. The summed E-state index contributed by atoms with van der Waals surface area (Å²) in [5.74, 6) is 0.672. The number of rotatable bonds is 2. The molecule has 0 saturated carbocycles. The van der Waals surface area contributed by atoms with E-state index in [0.29, 0.717) is 5.92 Å². The Morgan fingerprint density at radius 3 is 2.37 bits per heavy atom. The number of hydrogen-bond donors (Lipinski definition) is 0. The van der Waals surface area contributed by atoms with Crippen molar-refractivity contribution >= 4 is 21.5 Å². The monoisotopic (exact) mass is 385 g/mol. The minimum absolute atomic E-state index is 0.179. The van der Waals surface area contributed by atoms with Crippen molar-refractivity contribution in [1.82, 2.24) is 4.98 Å². The van der Waals surface area contributed by atoms with Crippen LogP contribution in [0.3, 0.4) is 0 Å². The van der Waals surface area contributed by atoms with Crippen LogP contribution in [-0.2, 0) is 0 Å². The summed E-state index contributed by atoms with van der Waals surface area (Å²) in [6.07, 6.45) is 2.05. The lowest BCUT2D eigenvalue weighted by atomic mass is 9.74. The predicted molar refractivity (Wildman–Crippen MR) is 126 cm³/mol. The topological polar surface area (TPSA) is 12.9 Å². The minimum Gasteiger partial charge on any atom is -0.255 e. The van der Waals surface area contributed by atoms with E-state index in [0.717, 1.165) is 5.69 Å². The Balaban J connectivity index is 1.80. The molecule has 0 spiro atoms. The third kappa shape index (κ3) is 2.45. The normalized spacial score (nSPS) is 15.0. The number of fused-ring (bicyclic) bond motifs is 4. The molecule has 1 unspecified atom stereocenters. The van der Waals surface area contributed by atoms with Gasteiger partial charge in [0.15, 0.2) is 0 Å². The molecule has 0 radical (unpaired) electrons. The van der Waals surface area contributed by atoms with E-state index in [1.807, 2.05) is 6.20 Å². The first-order valence-corrected chi connectivity index (χ1v) is 10.7. The Morgan fingerprint density at radius 2 is 1.57 bits per heavy atom. The highest BCUT2D eigenvalue weighted by Gasteiger charge is 2.30. The summed E-state index contributed by atoms with van der Waals surface area (Å²) in [4.78, 5) is 5.02. The molecule has 1 aliphatic rings. The van der Waals surface area contributed by atoms with Crippen LogP contribution in [0.1, 0.15) is 47.9 Å². The van der Waals surface area contributed by atoms with E-state index >= 15 is 0 Å². The standard InChI is InChI=1S/C29H23N/c1-18(2)21-14-15-22-17-30-29-24-13-7-11-19-10-6-12-23(26(19)24)27(28(29)25(22)16-21)20-8-4-3-5-9-20/h3-18,27H,1-2H3. The number of hydrogen-bond acceptors (Lipinski definition) is 1. The van der Waals surface area contributed by atoms with E-state index in [1.165, 1.54) is 49.4 Å². The van der Waals surface area contributed by atoms with Crippen molar-refractivity contribution in [2.24, 2.45) is 0 Å². The maximum atomic E-state index is 5.02. The first-order valence-electron chi connectivity index (χ1n) is 10.7. The van der Waals surface area contributed by atoms with Crippen LogP contribution in [0.25, 0.3) is 32.8 Å². The zero-order valence-corrected chi connectivity index (χ0v) is 17.3. The van der Waals surface area contributed by atoms with Crippen molar-refractivity contribution in [3.05, 3.63) is 113 Å². The van der Waals surface area contributed by atoms with Gasteiger partial charge in [-0.15, -0.1) is 0 Å². The van der Waals surface area contributed by atoms with E-state index in [-0.39, 0.29) is 5.92 Å². The van der Waals surface area contributed by atoms with Crippen molar-refractivity contribution in [3.8, 4) is 11.3 Å². The predicted octanol–water partition coefficient (Wildman–Crippen LogP) is 7.67. The molecule has 1 nitrogen and oxygen atoms in total. The molecule has 144 valence electrons. The van der Waals surface area contributed by atoms with E-state index < -0.39 is 0 Å². The summed E-state index contributed by atoms with van der Waals surface area (Å²) in [7, 11) is 0. The average Bonchev–Trinajstić information content (AvgIpc) is 2.79. The zero-order chi connectivity index (χ0) is 20.2. The molecule has 1 atom stereocenters. The van der Waals surface area contributed by atoms with E-state index in [2.05, 4.69) is 98.8 Å². The molecule has 0 N–H and O–H groups in total. The molecule has 1 aromatic heterocycles. The molecule has 0 saturated heterocycles. The smallest absolute Gasteiger partial charge is 0.0756 e. The molecule has 4 aromatic carbocycles. The van der Waals surface area contributed by atoms with E-state index in [4.69, 9.17) is 4.98 Å². The van der Waals surface area contributed by atoms with Crippen molar-refractivity contribution in [2.45, 2.75) is 25.7 Å². The largest absolute Gasteiger partial charge is 0.255 e. The lowest BCUT2D eigenvalue weighted by Gasteiger charge is -2.30. The fraction of sp³-hybridized carbons (Fsp3) is 0.138. The quantitative estimate of drug-likeness (QED) is 0.298. The fourth-order valence-corrected chi connectivity index (χ4v) is 5.07. The van der Waals surface area contributed by atoms with Crippen LogP contribution in [0.2, 0.25) is 0 Å². The summed E-state index contributed by atoms with van der Waals surface area (Å²) in [6, 6.07) is 31.1. The molecule has 1 heterocycles. The summed E-state index contributed by atoms with van der Waals surface area (Å²) in [6.45, 7) is 4.53. The molecular formula is C29H23N. The molecule has 1 heteroatoms. The maximum Gasteiger partial charge on any atom is 0.0756 e. The summed E-state index contributed by atoms with van der Waals surface area (Å²) in [5.41, 5.74) is 7.80. The first-order chi connectivity index (χ1) is 14.7. The maximum absolute atomic E-state index is 5.02. The van der Waals surface area contributed by atoms with Gasteiger partial charge in [0.2, 0.25) is 0 Å². The fourth-order valence-electron chi connectivity index (χ4n) is 5.07. The van der Waals surface area contributed by atoms with Gasteiger partial charge < -0.3 is 0 Å². The minimum atomic E-state index is 0.179. The van der Waals surface area contributed by atoms with Crippen molar-refractivity contribution in [1.29, 1.82) is 0 Å². The second-order valence-electron chi connectivity index (χ2n) is 8.62. The van der Waals surface area contributed by atoms with Gasteiger partial charge in [-0.2, -0.15) is 0 Å². The van der Waals surface area contributed by atoms with Gasteiger partial charge in [-0.1, -0.05) is 98.8 Å². The van der Waals surface area contributed by atoms with Gasteiger partial charge in [0.1, 0.15) is 0 Å². The molecule has 0 bridgehead atoms. The summed E-state index contributed by atoms with van der Waals surface area (Å²) < 4.78 is 0. The third-order valence-corrected chi connectivity index (χ3v) is 6.55. The second kappa shape index (κ2) is 6.53. The Hall–Kier alpha value is -3.45. The highest BCUT2D eigenvalue weighted by Crippen LogP contribution is 2.49. The number of benzene rings is 4. The number of nitrogens with zero attached hydrogens (tertiary/aromatic N) is 1. The Bertz CT molecular complexity index is 1410. The third-order valence-electron chi connectivity index (χ3n) is 6.55. The van der Waals surface area contributed by atoms with Crippen LogP contribution in [0.5, 0.6) is 0 Å². The lowest BCUT2D eigenvalue weighted by molar-refractivity contribution is 0.868. The number of pyridine rings is 1. The van der Waals surface area contributed by atoms with Crippen LogP contribution in [0, 0.1) is 0 Å². The van der Waals surface area contributed by atoms with Crippen molar-refractivity contribution < 1.29 is 0 Å². The van der Waals surface area contributed by atoms with Gasteiger partial charge in [0.05, 0.1) is 5.69 Å². The SMILES string of the molecule is CC(C)c1ccc2cnc3c(c2c1)C(c1ccccc1)c1cccc2cccc-3c12. The highest BCUT2D eigenvalue weighted by molar-refractivity contribution is 6.05. The Labute approximate surface area is 177 Å². The van der Waals surface area contributed by atoms with Gasteiger partial charge in [-0.3, -0.25) is 4.98 Å². The first kappa shape index (κ1) is 17.4.